The van der Waals surface area contributed by atoms with Crippen LogP contribution in [-0.4, -0.2) is 27.0 Å². The predicted octanol–water partition coefficient (Wildman–Crippen LogP) is 7.62. The van der Waals surface area contributed by atoms with Crippen molar-refractivity contribution in [3.63, 3.8) is 0 Å². The quantitative estimate of drug-likeness (QED) is 0.0582. The Balaban J connectivity index is 1.30. The number of rotatable bonds is 9. The Hall–Kier alpha value is -4.87. The van der Waals surface area contributed by atoms with Gasteiger partial charge in [0.2, 0.25) is 5.13 Å². The highest BCUT2D eigenvalue weighted by Gasteiger charge is 2.48. The molecule has 0 saturated carbocycles. The Morgan fingerprint density at radius 3 is 2.31 bits per heavy atom. The van der Waals surface area contributed by atoms with Crippen LogP contribution in [0.25, 0.3) is 5.76 Å². The van der Waals surface area contributed by atoms with Gasteiger partial charge in [-0.3, -0.25) is 14.5 Å². The second kappa shape index (κ2) is 13.0. The number of amides is 1. The second-order valence-corrected chi connectivity index (χ2v) is 12.4. The lowest BCUT2D eigenvalue weighted by Gasteiger charge is -2.22. The maximum Gasteiger partial charge on any atom is 0.301 e. The highest BCUT2D eigenvalue weighted by Crippen LogP contribution is 2.44. The molecule has 45 heavy (non-hydrogen) atoms. The molecule has 6 rings (SSSR count). The van der Waals surface area contributed by atoms with Gasteiger partial charge in [-0.05, 0) is 71.6 Å². The van der Waals surface area contributed by atoms with E-state index < -0.39 is 29.3 Å². The molecule has 0 aliphatic carbocycles. The fraction of sp³-hybridized carbons (Fsp3) is 0.118. The van der Waals surface area contributed by atoms with Gasteiger partial charge in [-0.1, -0.05) is 77.7 Å². The summed E-state index contributed by atoms with van der Waals surface area (Å²) in [5, 5.41) is 19.8. The first-order chi connectivity index (χ1) is 21.8. The maximum atomic E-state index is 14.1. The van der Waals surface area contributed by atoms with E-state index in [0.29, 0.717) is 33.4 Å². The zero-order valence-corrected chi connectivity index (χ0v) is 25.4. The number of halogens is 2. The van der Waals surface area contributed by atoms with Gasteiger partial charge in [0.1, 0.15) is 29.8 Å². The van der Waals surface area contributed by atoms with Gasteiger partial charge in [-0.25, -0.2) is 8.78 Å². The van der Waals surface area contributed by atoms with Crippen LogP contribution in [0.3, 0.4) is 0 Å². The lowest BCUT2D eigenvalue weighted by molar-refractivity contribution is -0.132. The Morgan fingerprint density at radius 2 is 1.60 bits per heavy atom. The molecule has 0 radical (unpaired) electrons. The van der Waals surface area contributed by atoms with Crippen LogP contribution in [0.1, 0.15) is 33.9 Å². The van der Waals surface area contributed by atoms with Crippen LogP contribution in [0.5, 0.6) is 5.75 Å². The Labute approximate surface area is 265 Å². The molecule has 7 nitrogen and oxygen atoms in total. The van der Waals surface area contributed by atoms with E-state index in [9.17, 15) is 23.5 Å². The molecule has 1 saturated heterocycles. The Kier molecular flexibility index (Phi) is 8.72. The summed E-state index contributed by atoms with van der Waals surface area (Å²) in [5.74, 6) is -2.23. The molecular formula is C34H25F2N3O4S2. The van der Waals surface area contributed by atoms with E-state index >= 15 is 0 Å². The van der Waals surface area contributed by atoms with E-state index in [-0.39, 0.29) is 22.3 Å². The number of anilines is 1. The molecule has 0 spiro atoms. The van der Waals surface area contributed by atoms with Crippen molar-refractivity contribution in [1.82, 2.24) is 10.2 Å². The van der Waals surface area contributed by atoms with Crippen LogP contribution in [0.2, 0.25) is 0 Å². The topological polar surface area (TPSA) is 92.6 Å². The number of nitrogens with zero attached hydrogens (tertiary/aromatic N) is 3. The monoisotopic (exact) mass is 641 g/mol. The zero-order valence-electron chi connectivity index (χ0n) is 23.8. The van der Waals surface area contributed by atoms with Gasteiger partial charge in [0.15, 0.2) is 4.34 Å². The molecule has 11 heteroatoms. The SMILES string of the molecule is Cc1ccccc1COc1ccc(/C(O)=C2\C(=O)C(=O)N(c3nnc(SCc4ccccc4F)s3)C2c2ccc(F)cc2)cc1. The summed E-state index contributed by atoms with van der Waals surface area (Å²) in [5.41, 5.74) is 3.14. The molecule has 1 aliphatic rings. The molecule has 1 unspecified atom stereocenters. The third-order valence-electron chi connectivity index (χ3n) is 7.32. The number of aryl methyl sites for hydroxylation is 1. The summed E-state index contributed by atoms with van der Waals surface area (Å²) < 4.78 is 34.4. The third kappa shape index (κ3) is 6.36. The molecular weight excluding hydrogens is 617 g/mol. The number of ether oxygens (including phenoxy) is 1. The van der Waals surface area contributed by atoms with Crippen LogP contribution in [0.4, 0.5) is 13.9 Å². The van der Waals surface area contributed by atoms with E-state index in [4.69, 9.17) is 4.74 Å². The lowest BCUT2D eigenvalue weighted by atomic mass is 9.95. The minimum atomic E-state index is -1.10. The number of hydrogen-bond donors (Lipinski definition) is 1. The van der Waals surface area contributed by atoms with Gasteiger partial charge in [0.25, 0.3) is 5.78 Å². The minimum absolute atomic E-state index is 0.112. The van der Waals surface area contributed by atoms with Crippen LogP contribution in [0.15, 0.2) is 107 Å². The van der Waals surface area contributed by atoms with E-state index in [2.05, 4.69) is 10.2 Å². The van der Waals surface area contributed by atoms with Crippen molar-refractivity contribution < 1.29 is 28.2 Å². The number of ketones is 1. The number of carbonyl (C=O) groups excluding carboxylic acids is 2. The fourth-order valence-corrected chi connectivity index (χ4v) is 6.75. The number of hydrogen-bond acceptors (Lipinski definition) is 8. The van der Waals surface area contributed by atoms with Gasteiger partial charge in [-0.15, -0.1) is 10.2 Å². The third-order valence-corrected chi connectivity index (χ3v) is 9.43. The van der Waals surface area contributed by atoms with Crippen molar-refractivity contribution >= 4 is 45.7 Å². The van der Waals surface area contributed by atoms with Crippen molar-refractivity contribution in [2.24, 2.45) is 0 Å². The summed E-state index contributed by atoms with van der Waals surface area (Å²) in [4.78, 5) is 28.1. The van der Waals surface area contributed by atoms with E-state index in [1.54, 1.807) is 42.5 Å². The van der Waals surface area contributed by atoms with Gasteiger partial charge >= 0.3 is 5.91 Å². The fourth-order valence-electron chi connectivity index (χ4n) is 4.90. The summed E-state index contributed by atoms with van der Waals surface area (Å²) in [7, 11) is 0. The first-order valence-electron chi connectivity index (χ1n) is 13.8. The first kappa shape index (κ1) is 30.2. The van der Waals surface area contributed by atoms with Gasteiger partial charge in [0.05, 0.1) is 11.6 Å². The van der Waals surface area contributed by atoms with Crippen LogP contribution in [0, 0.1) is 18.6 Å². The Bertz CT molecular complexity index is 1910. The van der Waals surface area contributed by atoms with Crippen molar-refractivity contribution in [2.75, 3.05) is 4.90 Å². The van der Waals surface area contributed by atoms with E-state index in [1.165, 1.54) is 42.1 Å². The first-order valence-corrected chi connectivity index (χ1v) is 15.6. The molecule has 1 aromatic heterocycles. The summed E-state index contributed by atoms with van der Waals surface area (Å²) in [6, 6.07) is 25.0. The number of carbonyl (C=O) groups is 2. The number of aliphatic hydroxyl groups is 1. The summed E-state index contributed by atoms with van der Waals surface area (Å²) in [6.07, 6.45) is 0. The largest absolute Gasteiger partial charge is 0.507 e. The molecule has 1 amide bonds. The Morgan fingerprint density at radius 1 is 0.911 bits per heavy atom. The van der Waals surface area contributed by atoms with Gasteiger partial charge in [-0.2, -0.15) is 0 Å². The second-order valence-electron chi connectivity index (χ2n) is 10.2. The highest BCUT2D eigenvalue weighted by molar-refractivity contribution is 8.00. The number of thioether (sulfide) groups is 1. The molecule has 226 valence electrons. The van der Waals surface area contributed by atoms with Crippen LogP contribution >= 0.6 is 23.1 Å². The maximum absolute atomic E-state index is 14.1. The van der Waals surface area contributed by atoms with E-state index in [1.807, 2.05) is 31.2 Å². The van der Waals surface area contributed by atoms with Crippen LogP contribution in [-0.2, 0) is 21.9 Å². The van der Waals surface area contributed by atoms with Gasteiger partial charge < -0.3 is 9.84 Å². The lowest BCUT2D eigenvalue weighted by Crippen LogP contribution is -2.29. The molecule has 2 heterocycles. The molecule has 4 aromatic carbocycles. The summed E-state index contributed by atoms with van der Waals surface area (Å²) in [6.45, 7) is 2.36. The number of Topliss-reactive ketones (excluding diaryl/α,β-unsaturated/α-hetero) is 1. The number of aliphatic hydroxyl groups excluding tert-OH is 1. The molecule has 5 aromatic rings. The highest BCUT2D eigenvalue weighted by atomic mass is 32.2. The smallest absolute Gasteiger partial charge is 0.301 e. The predicted molar refractivity (Wildman–Crippen MR) is 169 cm³/mol. The molecule has 1 N–H and O–H groups in total. The average molecular weight is 642 g/mol. The number of benzene rings is 4. The number of aromatic nitrogens is 2. The molecule has 1 aliphatic heterocycles. The van der Waals surface area contributed by atoms with Crippen molar-refractivity contribution in [3.8, 4) is 5.75 Å². The zero-order chi connectivity index (χ0) is 31.5. The minimum Gasteiger partial charge on any atom is -0.507 e. The van der Waals surface area contributed by atoms with Crippen molar-refractivity contribution in [1.29, 1.82) is 0 Å². The standard InChI is InChI=1S/C34H25F2N3O4S2/c1-20-6-2-3-7-23(20)18-43-26-16-12-22(13-17-26)30(40)28-29(21-10-14-25(35)15-11-21)39(32(42)31(28)41)33-37-38-34(45-33)44-19-24-8-4-5-9-27(24)36/h2-17,29,40H,18-19H2,1H3/b30-28+. The van der Waals surface area contributed by atoms with Gasteiger partial charge in [0, 0.05) is 11.3 Å². The van der Waals surface area contributed by atoms with Crippen LogP contribution < -0.4 is 9.64 Å². The average Bonchev–Trinajstić information content (AvgIpc) is 3.62. The molecule has 0 bridgehead atoms. The molecule has 1 fully saturated rings. The van der Waals surface area contributed by atoms with E-state index in [0.717, 1.165) is 27.4 Å². The molecule has 1 atom stereocenters. The normalized spacial score (nSPS) is 15.9. The van der Waals surface area contributed by atoms with Crippen molar-refractivity contribution in [3.05, 3.63) is 142 Å². The summed E-state index contributed by atoms with van der Waals surface area (Å²) >= 11 is 2.29. The van der Waals surface area contributed by atoms with Crippen molar-refractivity contribution in [2.45, 2.75) is 29.7 Å².